The van der Waals surface area contributed by atoms with Gasteiger partial charge in [-0.2, -0.15) is 0 Å². The first-order chi connectivity index (χ1) is 48.3. The molecule has 5 heterocycles. The molecule has 0 spiro atoms. The zero-order valence-corrected chi connectivity index (χ0v) is 61.8. The summed E-state index contributed by atoms with van der Waals surface area (Å²) in [6.45, 7) is 17.4. The number of aliphatic hydroxyl groups is 2. The molecule has 8 aliphatic rings. The number of piperidine rings is 1. The average Bonchev–Trinajstić information content (AvgIpc) is 1.40. The standard InChI is InChI=1S/C78H107NO23/c1-41-20-16-15-17-21-42(2)56(93-12)36-50-25-23-47(7)78(91,102-50)72(87)73(88)79-31-19-18-22-53(79)75(90)99-57(37-54(81)43(3)33-46(6)68(85)71(95-14)67(84)45(5)32-41)44(4)34-49-24-27-55(58(35-49)94-13)98-62(82)29-30-63(83)100-60-28-26-52-64-66(59(97-48(8)80)38-76(52,60)9)77(10)61(40-92-11)101-74(89)51-39-96-70(65(51)77)69(64)86/h15-17,20-21,33,39,41,44-47,49-50,52-53,55-61,68,71,85,91H,18-19,22-32,34-38,40H2,1-14H3/t41-,44-,45-,46?,47-,49+,50+,52?,53+,55-,56+,57+,58-,59-,60+,61-,68-,71+,76+,77+,78-/m1/s1. The van der Waals surface area contributed by atoms with Crippen molar-refractivity contribution in [3.8, 4) is 0 Å². The number of rotatable bonds is 14. The lowest BCUT2D eigenvalue weighted by molar-refractivity contribution is -0.265. The van der Waals surface area contributed by atoms with Gasteiger partial charge < -0.3 is 66.9 Å². The summed E-state index contributed by atoms with van der Waals surface area (Å²) < 4.78 is 65.7. The van der Waals surface area contributed by atoms with Gasteiger partial charge in [-0.1, -0.05) is 78.0 Å². The van der Waals surface area contributed by atoms with Crippen LogP contribution in [0.3, 0.4) is 0 Å². The minimum atomic E-state index is -2.51. The lowest BCUT2D eigenvalue weighted by atomic mass is 9.54. The van der Waals surface area contributed by atoms with Crippen molar-refractivity contribution in [3.63, 3.8) is 0 Å². The second-order valence-electron chi connectivity index (χ2n) is 30.5. The quantitative estimate of drug-likeness (QED) is 0.0994. The third-order valence-electron chi connectivity index (χ3n) is 23.4. The Morgan fingerprint density at radius 2 is 1.51 bits per heavy atom. The number of aliphatic hydroxyl groups excluding tert-OH is 1. The average molecular weight is 1430 g/mol. The Balaban J connectivity index is 0.877. The van der Waals surface area contributed by atoms with Crippen molar-refractivity contribution in [1.82, 2.24) is 4.90 Å². The van der Waals surface area contributed by atoms with Crippen molar-refractivity contribution in [1.29, 1.82) is 0 Å². The Hall–Kier alpha value is -6.80. The van der Waals surface area contributed by atoms with Gasteiger partial charge in [0, 0.05) is 89.1 Å². The molecule has 2 saturated heterocycles. The number of Topliss-reactive ketones (excluding diaryl/α,β-unsaturated/α-hetero) is 4. The van der Waals surface area contributed by atoms with Crippen LogP contribution < -0.4 is 0 Å². The van der Waals surface area contributed by atoms with E-state index < -0.39 is 166 Å². The SMILES string of the molecule is COC[C@H]1OC(=O)c2coc3c2[C@@]1(C)C1=C(C3=O)C2CC[C@H](OC(=O)CCC(=O)O[C@@H]3CC[C@@H](C[C@@H](C)[C@@H]4CC(=O)C(C)=CC(C)[C@@H](O)[C@@H](OC)C(=O)[C@H](C)C[C@H](C)C=CC=CC=C(C)[C@@H](OC)C[C@@H]5CC[C@@H](C)[C@@](O)(O5)C(=O)C(=O)N5CCCC[C@H]5C(=O)O4)C[C@H]3OC)[C@@]2(C)C[C@H]1OC(C)=O. The molecular formula is C78H107NO23. The first-order valence-corrected chi connectivity index (χ1v) is 36.5. The molecule has 4 aliphatic heterocycles. The molecule has 102 heavy (non-hydrogen) atoms. The summed E-state index contributed by atoms with van der Waals surface area (Å²) in [6, 6.07) is -1.25. The number of amides is 1. The maximum atomic E-state index is 14.8. The van der Waals surface area contributed by atoms with Crippen LogP contribution in [0.15, 0.2) is 69.4 Å². The van der Waals surface area contributed by atoms with E-state index in [4.69, 9.17) is 51.8 Å². The Labute approximate surface area is 598 Å². The molecule has 1 amide bonds. The smallest absolute Gasteiger partial charge is 0.342 e. The number of allylic oxidation sites excluding steroid dienone is 7. The molecule has 2 bridgehead atoms. The van der Waals surface area contributed by atoms with Gasteiger partial charge in [-0.3, -0.25) is 38.4 Å². The van der Waals surface area contributed by atoms with Gasteiger partial charge in [0.05, 0.1) is 49.3 Å². The van der Waals surface area contributed by atoms with Crippen molar-refractivity contribution in [3.05, 3.63) is 81.9 Å². The molecule has 1 aromatic heterocycles. The van der Waals surface area contributed by atoms with Crippen LogP contribution in [0, 0.1) is 46.8 Å². The van der Waals surface area contributed by atoms with Crippen molar-refractivity contribution in [2.45, 2.75) is 257 Å². The molecule has 24 nitrogen and oxygen atoms in total. The molecule has 21 atom stereocenters. The molecule has 9 rings (SSSR count). The number of hydrogen-bond acceptors (Lipinski definition) is 23. The van der Waals surface area contributed by atoms with Crippen LogP contribution in [-0.2, 0) is 91.1 Å². The van der Waals surface area contributed by atoms with Crippen molar-refractivity contribution < 1.29 is 110 Å². The number of ether oxygens (including phenoxy) is 10. The number of carbonyl (C=O) groups excluding carboxylic acids is 10. The molecule has 4 aliphatic carbocycles. The normalized spacial score (nSPS) is 36.5. The zero-order valence-electron chi connectivity index (χ0n) is 61.8. The van der Waals surface area contributed by atoms with Gasteiger partial charge in [-0.15, -0.1) is 0 Å². The van der Waals surface area contributed by atoms with Crippen LogP contribution in [0.5, 0.6) is 0 Å². The van der Waals surface area contributed by atoms with Gasteiger partial charge in [0.25, 0.3) is 11.7 Å². The van der Waals surface area contributed by atoms with E-state index in [1.807, 2.05) is 65.0 Å². The van der Waals surface area contributed by atoms with Crippen LogP contribution >= 0.6 is 0 Å². The van der Waals surface area contributed by atoms with Gasteiger partial charge >= 0.3 is 29.8 Å². The number of carbonyl (C=O) groups is 10. The minimum Gasteiger partial charge on any atom is -0.462 e. The molecule has 0 radical (unpaired) electrons. The van der Waals surface area contributed by atoms with Crippen molar-refractivity contribution in [2.24, 2.45) is 46.8 Å². The summed E-state index contributed by atoms with van der Waals surface area (Å²) in [4.78, 5) is 142. The van der Waals surface area contributed by atoms with Gasteiger partial charge in [0.1, 0.15) is 54.5 Å². The summed E-state index contributed by atoms with van der Waals surface area (Å²) in [7, 11) is 5.89. The van der Waals surface area contributed by atoms with E-state index in [1.165, 1.54) is 34.5 Å². The summed E-state index contributed by atoms with van der Waals surface area (Å²) in [5, 5.41) is 23.8. The third kappa shape index (κ3) is 16.6. The first kappa shape index (κ1) is 79.3. The molecular weight excluding hydrogens is 1320 g/mol. The van der Waals surface area contributed by atoms with E-state index in [9.17, 15) is 58.2 Å². The maximum Gasteiger partial charge on any atom is 0.342 e. The Bertz CT molecular complexity index is 3480. The van der Waals surface area contributed by atoms with Crippen LogP contribution in [0.2, 0.25) is 0 Å². The van der Waals surface area contributed by atoms with Gasteiger partial charge in [-0.25, -0.2) is 9.59 Å². The van der Waals surface area contributed by atoms with E-state index in [2.05, 4.69) is 0 Å². The number of furan rings is 1. The largest absolute Gasteiger partial charge is 0.462 e. The van der Waals surface area contributed by atoms with E-state index in [0.29, 0.717) is 87.3 Å². The maximum absolute atomic E-state index is 14.8. The predicted molar refractivity (Wildman–Crippen MR) is 368 cm³/mol. The number of ketones is 4. The Kier molecular flexibility index (Phi) is 26.1. The minimum absolute atomic E-state index is 0.00335. The van der Waals surface area contributed by atoms with Crippen LogP contribution in [0.1, 0.15) is 205 Å². The summed E-state index contributed by atoms with van der Waals surface area (Å²) in [5.74, 6) is -12.6. The second-order valence-corrected chi connectivity index (χ2v) is 30.5. The van der Waals surface area contributed by atoms with E-state index >= 15 is 0 Å². The summed E-state index contributed by atoms with van der Waals surface area (Å²) >= 11 is 0. The highest BCUT2D eigenvalue weighted by molar-refractivity contribution is 6.39. The fraction of sp³-hybridized carbons (Fsp3) is 0.692. The molecule has 562 valence electrons. The lowest BCUT2D eigenvalue weighted by Gasteiger charge is -2.52. The number of hydrogen-bond donors (Lipinski definition) is 2. The molecule has 2 saturated carbocycles. The fourth-order valence-corrected chi connectivity index (χ4v) is 17.5. The highest BCUT2D eigenvalue weighted by Crippen LogP contribution is 2.63. The number of cyclic esters (lactones) is 2. The van der Waals surface area contributed by atoms with Crippen molar-refractivity contribution >= 4 is 58.9 Å². The lowest BCUT2D eigenvalue weighted by Crippen LogP contribution is -2.61. The number of fused-ring (bicyclic) bond motifs is 6. The number of esters is 5. The number of methoxy groups -OCH3 is 4. The highest BCUT2D eigenvalue weighted by atomic mass is 16.6. The molecule has 2 unspecified atom stereocenters. The van der Waals surface area contributed by atoms with Crippen molar-refractivity contribution in [2.75, 3.05) is 41.6 Å². The Morgan fingerprint density at radius 1 is 0.784 bits per heavy atom. The van der Waals surface area contributed by atoms with Crippen LogP contribution in [-0.4, -0.2) is 188 Å². The molecule has 0 aromatic carbocycles. The monoisotopic (exact) mass is 1430 g/mol. The first-order valence-electron chi connectivity index (χ1n) is 36.5. The summed E-state index contributed by atoms with van der Waals surface area (Å²) in [5.41, 5.74) is 0.327. The van der Waals surface area contributed by atoms with E-state index in [-0.39, 0.29) is 86.2 Å². The van der Waals surface area contributed by atoms with Gasteiger partial charge in [-0.05, 0) is 145 Å². The summed E-state index contributed by atoms with van der Waals surface area (Å²) in [6.07, 6.45) is 7.87. The molecule has 24 heteroatoms. The molecule has 2 N–H and O–H groups in total. The zero-order chi connectivity index (χ0) is 74.4. The van der Waals surface area contributed by atoms with E-state index in [1.54, 1.807) is 40.9 Å². The second kappa shape index (κ2) is 33.5. The van der Waals surface area contributed by atoms with Crippen LogP contribution in [0.25, 0.3) is 0 Å². The van der Waals surface area contributed by atoms with E-state index in [0.717, 1.165) is 10.5 Å². The molecule has 4 fully saturated rings. The van der Waals surface area contributed by atoms with Crippen LogP contribution in [0.4, 0.5) is 0 Å². The number of nitrogens with zero attached hydrogens (tertiary/aromatic N) is 1. The fourth-order valence-electron chi connectivity index (χ4n) is 17.5. The highest BCUT2D eigenvalue weighted by Gasteiger charge is 2.65. The van der Waals surface area contributed by atoms with Gasteiger partial charge in [0.15, 0.2) is 17.3 Å². The third-order valence-corrected chi connectivity index (χ3v) is 23.4. The van der Waals surface area contributed by atoms with Gasteiger partial charge in [0.2, 0.25) is 11.6 Å². The predicted octanol–water partition coefficient (Wildman–Crippen LogP) is 9.40. The topological polar surface area (TPSA) is 320 Å². The Morgan fingerprint density at radius 3 is 2.20 bits per heavy atom. The molecule has 1 aromatic rings.